The first kappa shape index (κ1) is 21.3. The zero-order chi connectivity index (χ0) is 22.0. The number of anilines is 2. The smallest absolute Gasteiger partial charge is 0.291 e. The molecule has 1 fully saturated rings. The summed E-state index contributed by atoms with van der Waals surface area (Å²) in [6.07, 6.45) is 0. The highest BCUT2D eigenvalue weighted by Crippen LogP contribution is 2.35. The number of piperazine rings is 1. The number of para-hydroxylation sites is 1. The first-order chi connectivity index (χ1) is 14.9. The summed E-state index contributed by atoms with van der Waals surface area (Å²) in [5.74, 6) is 0.457. The predicted molar refractivity (Wildman–Crippen MR) is 123 cm³/mol. The molecule has 6 nitrogen and oxygen atoms in total. The number of carbonyl (C=O) groups is 2. The van der Waals surface area contributed by atoms with Crippen molar-refractivity contribution in [3.63, 3.8) is 0 Å². The van der Waals surface area contributed by atoms with Crippen LogP contribution in [0.1, 0.15) is 17.5 Å². The first-order valence-electron chi connectivity index (χ1n) is 9.88. The molecule has 1 saturated heterocycles. The number of nitrogens with zero attached hydrogens (tertiary/aromatic N) is 2. The molecular weight excluding hydrogens is 437 g/mol. The number of rotatable bonds is 4. The summed E-state index contributed by atoms with van der Waals surface area (Å²) < 4.78 is 5.75. The van der Waals surface area contributed by atoms with Gasteiger partial charge in [0.05, 0.1) is 16.4 Å². The Bertz CT molecular complexity index is 1100. The summed E-state index contributed by atoms with van der Waals surface area (Å²) >= 11 is 12.4. The fourth-order valence-electron chi connectivity index (χ4n) is 3.60. The topological polar surface area (TPSA) is 65.8 Å². The van der Waals surface area contributed by atoms with Gasteiger partial charge in [-0.25, -0.2) is 0 Å². The standard InChI is InChI=1S/C23H21Cl2N3O3/c1-15(29)27-11-13-28(14-12-27)22-18(25)3-2-4-19(22)26-23(30)21-10-9-20(31-21)16-5-7-17(24)8-6-16/h2-10H,11-14H2,1H3,(H,26,30). The van der Waals surface area contributed by atoms with Gasteiger partial charge in [0.25, 0.3) is 5.91 Å². The van der Waals surface area contributed by atoms with Gasteiger partial charge in [0.2, 0.25) is 5.91 Å². The number of amides is 2. The molecule has 0 radical (unpaired) electrons. The Kier molecular flexibility index (Phi) is 6.20. The van der Waals surface area contributed by atoms with Crippen LogP contribution in [0.15, 0.2) is 59.0 Å². The molecule has 4 rings (SSSR count). The lowest BCUT2D eigenvalue weighted by Gasteiger charge is -2.36. The number of hydrogen-bond donors (Lipinski definition) is 1. The van der Waals surface area contributed by atoms with Crippen LogP contribution < -0.4 is 10.2 Å². The number of halogens is 2. The van der Waals surface area contributed by atoms with Gasteiger partial charge in [-0.3, -0.25) is 9.59 Å². The number of carbonyl (C=O) groups excluding carboxylic acids is 2. The van der Waals surface area contributed by atoms with Crippen LogP contribution in [0.3, 0.4) is 0 Å². The fourth-order valence-corrected chi connectivity index (χ4v) is 4.02. The lowest BCUT2D eigenvalue weighted by molar-refractivity contribution is -0.129. The van der Waals surface area contributed by atoms with Crippen LogP contribution in [0.2, 0.25) is 10.0 Å². The number of benzene rings is 2. The van der Waals surface area contributed by atoms with Gasteiger partial charge in [-0.05, 0) is 48.5 Å². The van der Waals surface area contributed by atoms with Crippen LogP contribution in [0, 0.1) is 0 Å². The fraction of sp³-hybridized carbons (Fsp3) is 0.217. The largest absolute Gasteiger partial charge is 0.451 e. The van der Waals surface area contributed by atoms with Crippen molar-refractivity contribution >= 4 is 46.4 Å². The van der Waals surface area contributed by atoms with Crippen molar-refractivity contribution in [1.29, 1.82) is 0 Å². The van der Waals surface area contributed by atoms with Gasteiger partial charge in [-0.2, -0.15) is 0 Å². The van der Waals surface area contributed by atoms with E-state index in [1.807, 2.05) is 12.1 Å². The molecule has 0 bridgehead atoms. The summed E-state index contributed by atoms with van der Waals surface area (Å²) in [4.78, 5) is 28.3. The molecule has 2 aromatic carbocycles. The Morgan fingerprint density at radius 3 is 2.32 bits per heavy atom. The van der Waals surface area contributed by atoms with Crippen LogP contribution in [-0.4, -0.2) is 42.9 Å². The third-order valence-corrected chi connectivity index (χ3v) is 5.79. The molecule has 160 valence electrons. The average molecular weight is 458 g/mol. The van der Waals surface area contributed by atoms with Crippen LogP contribution >= 0.6 is 23.2 Å². The van der Waals surface area contributed by atoms with Crippen molar-refractivity contribution in [2.45, 2.75) is 6.92 Å². The van der Waals surface area contributed by atoms with E-state index in [2.05, 4.69) is 10.2 Å². The van der Waals surface area contributed by atoms with Crippen molar-refractivity contribution in [2.24, 2.45) is 0 Å². The van der Waals surface area contributed by atoms with Crippen molar-refractivity contribution in [1.82, 2.24) is 4.90 Å². The maximum atomic E-state index is 12.9. The molecule has 0 spiro atoms. The van der Waals surface area contributed by atoms with E-state index in [1.165, 1.54) is 0 Å². The molecule has 0 saturated carbocycles. The molecule has 8 heteroatoms. The SMILES string of the molecule is CC(=O)N1CCN(c2c(Cl)cccc2NC(=O)c2ccc(-c3ccc(Cl)cc3)o2)CC1. The normalized spacial score (nSPS) is 13.9. The molecule has 2 amide bonds. The Morgan fingerprint density at radius 2 is 1.65 bits per heavy atom. The zero-order valence-electron chi connectivity index (χ0n) is 16.9. The molecule has 0 unspecified atom stereocenters. The maximum Gasteiger partial charge on any atom is 0.291 e. The van der Waals surface area contributed by atoms with Gasteiger partial charge in [-0.1, -0.05) is 29.3 Å². The van der Waals surface area contributed by atoms with E-state index in [0.29, 0.717) is 47.7 Å². The highest BCUT2D eigenvalue weighted by molar-refractivity contribution is 6.34. The second-order valence-corrected chi connectivity index (χ2v) is 8.10. The molecule has 31 heavy (non-hydrogen) atoms. The van der Waals surface area contributed by atoms with Crippen molar-refractivity contribution in [3.8, 4) is 11.3 Å². The number of hydrogen-bond acceptors (Lipinski definition) is 4. The van der Waals surface area contributed by atoms with Crippen molar-refractivity contribution < 1.29 is 14.0 Å². The van der Waals surface area contributed by atoms with Gasteiger partial charge in [0.15, 0.2) is 5.76 Å². The molecule has 1 N–H and O–H groups in total. The maximum absolute atomic E-state index is 12.9. The van der Waals surface area contributed by atoms with E-state index in [0.717, 1.165) is 11.3 Å². The molecule has 1 aliphatic heterocycles. The highest BCUT2D eigenvalue weighted by atomic mass is 35.5. The molecule has 3 aromatic rings. The second kappa shape index (κ2) is 9.04. The van der Waals surface area contributed by atoms with Gasteiger partial charge in [-0.15, -0.1) is 0 Å². The number of nitrogens with one attached hydrogen (secondary N) is 1. The Hall–Kier alpha value is -2.96. The molecular formula is C23H21Cl2N3O3. The minimum Gasteiger partial charge on any atom is -0.451 e. The first-order valence-corrected chi connectivity index (χ1v) is 10.6. The Labute approximate surface area is 190 Å². The quantitative estimate of drug-likeness (QED) is 0.586. The third kappa shape index (κ3) is 4.70. The summed E-state index contributed by atoms with van der Waals surface area (Å²) in [6, 6.07) is 16.0. The summed E-state index contributed by atoms with van der Waals surface area (Å²) in [7, 11) is 0. The van der Waals surface area contributed by atoms with Gasteiger partial charge >= 0.3 is 0 Å². The van der Waals surface area contributed by atoms with Crippen LogP contribution in [-0.2, 0) is 4.79 Å². The molecule has 1 aromatic heterocycles. The van der Waals surface area contributed by atoms with E-state index in [9.17, 15) is 9.59 Å². The molecule has 0 atom stereocenters. The Balaban J connectivity index is 1.52. The molecule has 2 heterocycles. The lowest BCUT2D eigenvalue weighted by atomic mass is 10.2. The second-order valence-electron chi connectivity index (χ2n) is 7.25. The highest BCUT2D eigenvalue weighted by Gasteiger charge is 2.24. The third-order valence-electron chi connectivity index (χ3n) is 5.23. The van der Waals surface area contributed by atoms with Gasteiger partial charge in [0, 0.05) is 43.7 Å². The summed E-state index contributed by atoms with van der Waals surface area (Å²) in [5.41, 5.74) is 2.17. The summed E-state index contributed by atoms with van der Waals surface area (Å²) in [5, 5.41) is 4.08. The van der Waals surface area contributed by atoms with Gasteiger partial charge < -0.3 is 19.5 Å². The van der Waals surface area contributed by atoms with Crippen LogP contribution in [0.4, 0.5) is 11.4 Å². The van der Waals surface area contributed by atoms with Crippen molar-refractivity contribution in [2.75, 3.05) is 36.4 Å². The minimum absolute atomic E-state index is 0.0571. The minimum atomic E-state index is -0.369. The van der Waals surface area contributed by atoms with Gasteiger partial charge in [0.1, 0.15) is 5.76 Å². The zero-order valence-corrected chi connectivity index (χ0v) is 18.4. The number of furan rings is 1. The molecule has 1 aliphatic rings. The average Bonchev–Trinajstić information content (AvgIpc) is 3.25. The lowest BCUT2D eigenvalue weighted by Crippen LogP contribution is -2.48. The van der Waals surface area contributed by atoms with E-state index >= 15 is 0 Å². The van der Waals surface area contributed by atoms with E-state index in [4.69, 9.17) is 27.6 Å². The van der Waals surface area contributed by atoms with E-state index < -0.39 is 0 Å². The van der Waals surface area contributed by atoms with E-state index in [1.54, 1.807) is 54.3 Å². The predicted octanol–water partition coefficient (Wildman–Crippen LogP) is 5.17. The summed E-state index contributed by atoms with van der Waals surface area (Å²) in [6.45, 7) is 4.05. The van der Waals surface area contributed by atoms with Crippen LogP contribution in [0.25, 0.3) is 11.3 Å². The van der Waals surface area contributed by atoms with E-state index in [-0.39, 0.29) is 17.6 Å². The Morgan fingerprint density at radius 1 is 0.935 bits per heavy atom. The molecule has 0 aliphatic carbocycles. The monoisotopic (exact) mass is 457 g/mol. The van der Waals surface area contributed by atoms with Crippen LogP contribution in [0.5, 0.6) is 0 Å². The van der Waals surface area contributed by atoms with Crippen molar-refractivity contribution in [3.05, 3.63) is 70.4 Å².